The molecule has 0 aromatic rings. The smallest absolute Gasteiger partial charge is 0.222 e. The van der Waals surface area contributed by atoms with Crippen LogP contribution in [0.5, 0.6) is 0 Å². The summed E-state index contributed by atoms with van der Waals surface area (Å²) in [5.41, 5.74) is 5.68. The Balaban J connectivity index is 1.81. The fourth-order valence-corrected chi connectivity index (χ4v) is 4.31. The molecule has 2 N–H and O–H groups in total. The van der Waals surface area contributed by atoms with Crippen LogP contribution in [-0.4, -0.2) is 29.9 Å². The van der Waals surface area contributed by atoms with E-state index >= 15 is 0 Å². The van der Waals surface area contributed by atoms with Gasteiger partial charge in [-0.25, -0.2) is 0 Å². The average molecular weight is 280 g/mol. The first kappa shape index (κ1) is 15.8. The third-order valence-corrected chi connectivity index (χ3v) is 5.35. The van der Waals surface area contributed by atoms with Crippen LogP contribution in [0.2, 0.25) is 0 Å². The molecule has 1 saturated carbocycles. The van der Waals surface area contributed by atoms with Crippen molar-refractivity contribution in [2.75, 3.05) is 13.1 Å². The highest BCUT2D eigenvalue weighted by molar-refractivity contribution is 5.76. The first-order chi connectivity index (χ1) is 9.76. The molecule has 0 spiro atoms. The van der Waals surface area contributed by atoms with Crippen LogP contribution in [0.4, 0.5) is 0 Å². The van der Waals surface area contributed by atoms with Gasteiger partial charge in [-0.15, -0.1) is 0 Å². The molecule has 1 aliphatic carbocycles. The first-order valence-electron chi connectivity index (χ1n) is 8.75. The van der Waals surface area contributed by atoms with Gasteiger partial charge in [0.25, 0.3) is 0 Å². The number of piperidine rings is 1. The maximum atomic E-state index is 12.5. The number of hydrogen-bond donors (Lipinski definition) is 1. The Kier molecular flexibility index (Phi) is 6.34. The van der Waals surface area contributed by atoms with Crippen LogP contribution < -0.4 is 5.73 Å². The van der Waals surface area contributed by atoms with Crippen LogP contribution in [0.1, 0.15) is 71.1 Å². The molecule has 1 aliphatic heterocycles. The molecule has 3 unspecified atom stereocenters. The van der Waals surface area contributed by atoms with E-state index in [-0.39, 0.29) is 0 Å². The number of nitrogens with zero attached hydrogens (tertiary/aromatic N) is 1. The summed E-state index contributed by atoms with van der Waals surface area (Å²) in [4.78, 5) is 14.8. The lowest BCUT2D eigenvalue weighted by Crippen LogP contribution is -2.46. The van der Waals surface area contributed by atoms with E-state index in [4.69, 9.17) is 5.73 Å². The van der Waals surface area contributed by atoms with Crippen molar-refractivity contribution in [3.63, 3.8) is 0 Å². The predicted molar refractivity (Wildman–Crippen MR) is 83.4 cm³/mol. The number of rotatable bonds is 7. The zero-order valence-corrected chi connectivity index (χ0v) is 13.2. The number of carbonyl (C=O) groups excluding carboxylic acids is 1. The number of amides is 1. The molecule has 3 atom stereocenters. The van der Waals surface area contributed by atoms with Crippen molar-refractivity contribution in [1.82, 2.24) is 4.90 Å². The van der Waals surface area contributed by atoms with E-state index in [9.17, 15) is 4.79 Å². The van der Waals surface area contributed by atoms with E-state index in [1.54, 1.807) is 0 Å². The van der Waals surface area contributed by atoms with Gasteiger partial charge in [0.15, 0.2) is 0 Å². The van der Waals surface area contributed by atoms with E-state index in [2.05, 4.69) is 11.8 Å². The molecule has 2 fully saturated rings. The molecule has 0 bridgehead atoms. The van der Waals surface area contributed by atoms with Crippen molar-refractivity contribution < 1.29 is 4.79 Å². The number of fused-ring (bicyclic) bond motifs is 1. The van der Waals surface area contributed by atoms with Gasteiger partial charge in [-0.2, -0.15) is 0 Å². The summed E-state index contributed by atoms with van der Waals surface area (Å²) in [6, 6.07) is 0.579. The standard InChI is InChI=1S/C17H32N2O/c1-2-5-14(11-12-18)9-10-17(20)19-13-4-7-15-6-3-8-16(15)19/h14-16H,2-13,18H2,1H3. The lowest BCUT2D eigenvalue weighted by Gasteiger charge is -2.38. The summed E-state index contributed by atoms with van der Waals surface area (Å²) < 4.78 is 0. The minimum Gasteiger partial charge on any atom is -0.339 e. The highest BCUT2D eigenvalue weighted by Gasteiger charge is 2.36. The summed E-state index contributed by atoms with van der Waals surface area (Å²) in [5.74, 6) is 1.88. The molecule has 1 heterocycles. The van der Waals surface area contributed by atoms with Gasteiger partial charge in [-0.05, 0) is 56.9 Å². The van der Waals surface area contributed by atoms with Gasteiger partial charge in [0, 0.05) is 19.0 Å². The van der Waals surface area contributed by atoms with E-state index in [0.29, 0.717) is 17.9 Å². The van der Waals surface area contributed by atoms with Crippen LogP contribution in [0, 0.1) is 11.8 Å². The first-order valence-corrected chi connectivity index (χ1v) is 8.75. The molecule has 20 heavy (non-hydrogen) atoms. The topological polar surface area (TPSA) is 46.3 Å². The fourth-order valence-electron chi connectivity index (χ4n) is 4.31. The second-order valence-electron chi connectivity index (χ2n) is 6.76. The maximum Gasteiger partial charge on any atom is 0.222 e. The summed E-state index contributed by atoms with van der Waals surface area (Å²) in [6.45, 7) is 3.99. The molecule has 2 rings (SSSR count). The number of carbonyl (C=O) groups is 1. The molecule has 1 saturated heterocycles. The Morgan fingerprint density at radius 1 is 1.20 bits per heavy atom. The Morgan fingerprint density at radius 3 is 2.75 bits per heavy atom. The molecule has 0 aromatic heterocycles. The van der Waals surface area contributed by atoms with Gasteiger partial charge in [-0.1, -0.05) is 26.2 Å². The third-order valence-electron chi connectivity index (χ3n) is 5.35. The Bertz CT molecular complexity index is 299. The molecule has 0 aromatic carbocycles. The van der Waals surface area contributed by atoms with Crippen molar-refractivity contribution in [3.8, 4) is 0 Å². The van der Waals surface area contributed by atoms with Crippen molar-refractivity contribution in [2.24, 2.45) is 17.6 Å². The van der Waals surface area contributed by atoms with Crippen LogP contribution in [0.3, 0.4) is 0 Å². The maximum absolute atomic E-state index is 12.5. The molecule has 3 heteroatoms. The highest BCUT2D eigenvalue weighted by atomic mass is 16.2. The average Bonchev–Trinajstić information content (AvgIpc) is 2.93. The minimum atomic E-state index is 0.416. The molecule has 2 aliphatic rings. The molecular formula is C17H32N2O. The van der Waals surface area contributed by atoms with Crippen LogP contribution in [0.15, 0.2) is 0 Å². The summed E-state index contributed by atoms with van der Waals surface area (Å²) in [7, 11) is 0. The lowest BCUT2D eigenvalue weighted by molar-refractivity contribution is -0.136. The van der Waals surface area contributed by atoms with Crippen LogP contribution >= 0.6 is 0 Å². The minimum absolute atomic E-state index is 0.416. The van der Waals surface area contributed by atoms with Gasteiger partial charge in [0.2, 0.25) is 5.91 Å². The van der Waals surface area contributed by atoms with Gasteiger partial charge in [0.05, 0.1) is 0 Å². The Hall–Kier alpha value is -0.570. The zero-order chi connectivity index (χ0) is 14.4. The number of nitrogens with two attached hydrogens (primary N) is 1. The van der Waals surface area contributed by atoms with E-state index in [0.717, 1.165) is 38.3 Å². The molecule has 3 nitrogen and oxygen atoms in total. The van der Waals surface area contributed by atoms with Crippen molar-refractivity contribution in [3.05, 3.63) is 0 Å². The lowest BCUT2D eigenvalue weighted by atomic mass is 9.90. The largest absolute Gasteiger partial charge is 0.339 e. The zero-order valence-electron chi connectivity index (χ0n) is 13.2. The van der Waals surface area contributed by atoms with Crippen molar-refractivity contribution >= 4 is 5.91 Å². The van der Waals surface area contributed by atoms with Crippen molar-refractivity contribution in [1.29, 1.82) is 0 Å². The quantitative estimate of drug-likeness (QED) is 0.777. The second-order valence-corrected chi connectivity index (χ2v) is 6.76. The van der Waals surface area contributed by atoms with Crippen LogP contribution in [0.25, 0.3) is 0 Å². The normalized spacial score (nSPS) is 27.4. The third kappa shape index (κ3) is 3.97. The number of likely N-dealkylation sites (tertiary alicyclic amines) is 1. The molecule has 1 amide bonds. The second kappa shape index (κ2) is 8.02. The van der Waals surface area contributed by atoms with Crippen LogP contribution in [-0.2, 0) is 4.79 Å². The van der Waals surface area contributed by atoms with E-state index in [1.165, 1.54) is 44.9 Å². The van der Waals surface area contributed by atoms with Gasteiger partial charge >= 0.3 is 0 Å². The summed E-state index contributed by atoms with van der Waals surface area (Å²) in [6.07, 6.45) is 11.8. The SMILES string of the molecule is CCCC(CCN)CCC(=O)N1CCCC2CCCC21. The summed E-state index contributed by atoms with van der Waals surface area (Å²) in [5, 5.41) is 0. The highest BCUT2D eigenvalue weighted by Crippen LogP contribution is 2.37. The van der Waals surface area contributed by atoms with E-state index in [1.807, 2.05) is 0 Å². The molecular weight excluding hydrogens is 248 g/mol. The number of hydrogen-bond acceptors (Lipinski definition) is 2. The van der Waals surface area contributed by atoms with Gasteiger partial charge in [0.1, 0.15) is 0 Å². The summed E-state index contributed by atoms with van der Waals surface area (Å²) >= 11 is 0. The molecule has 0 radical (unpaired) electrons. The molecule has 116 valence electrons. The fraction of sp³-hybridized carbons (Fsp3) is 0.941. The van der Waals surface area contributed by atoms with Crippen molar-refractivity contribution in [2.45, 2.75) is 77.2 Å². The predicted octanol–water partition coefficient (Wildman–Crippen LogP) is 3.32. The monoisotopic (exact) mass is 280 g/mol. The van der Waals surface area contributed by atoms with Gasteiger partial charge < -0.3 is 10.6 Å². The Morgan fingerprint density at radius 2 is 2.00 bits per heavy atom. The van der Waals surface area contributed by atoms with E-state index < -0.39 is 0 Å². The van der Waals surface area contributed by atoms with Gasteiger partial charge in [-0.3, -0.25) is 4.79 Å². The Labute approximate surface area is 124 Å².